The Morgan fingerprint density at radius 1 is 1.19 bits per heavy atom. The van der Waals surface area contributed by atoms with Crippen LogP contribution in [0.3, 0.4) is 0 Å². The number of ether oxygens (including phenoxy) is 1. The van der Waals surface area contributed by atoms with E-state index in [0.29, 0.717) is 18.7 Å². The van der Waals surface area contributed by atoms with Crippen LogP contribution in [0, 0.1) is 13.8 Å². The second kappa shape index (κ2) is 7.03. The van der Waals surface area contributed by atoms with Gasteiger partial charge in [0, 0.05) is 31.6 Å². The van der Waals surface area contributed by atoms with Gasteiger partial charge in [-0.15, -0.1) is 0 Å². The zero-order chi connectivity index (χ0) is 19.9. The Morgan fingerprint density at radius 3 is 2.52 bits per heavy atom. The summed E-state index contributed by atoms with van der Waals surface area (Å²) in [5, 5.41) is 9.14. The standard InChI is InChI=1S/C17H23N5O5/c1-5-27-12(24)9-21-15(25)13-14(19(4)17(21)26)18-16-20(7-6-8-23)10(2)11(3)22(13)16/h23H,5-9H2,1-4H3. The maximum atomic E-state index is 13.0. The molecule has 0 aliphatic heterocycles. The van der Waals surface area contributed by atoms with Crippen molar-refractivity contribution >= 4 is 22.9 Å². The van der Waals surface area contributed by atoms with E-state index in [4.69, 9.17) is 9.84 Å². The minimum absolute atomic E-state index is 0.0356. The molecule has 10 heteroatoms. The van der Waals surface area contributed by atoms with E-state index < -0.39 is 23.8 Å². The van der Waals surface area contributed by atoms with Crippen LogP contribution in [0.15, 0.2) is 9.59 Å². The Morgan fingerprint density at radius 2 is 1.89 bits per heavy atom. The Bertz CT molecular complexity index is 1150. The van der Waals surface area contributed by atoms with Crippen LogP contribution in [0.5, 0.6) is 0 Å². The third-order valence-corrected chi connectivity index (χ3v) is 4.76. The smallest absolute Gasteiger partial charge is 0.333 e. The van der Waals surface area contributed by atoms with Crippen molar-refractivity contribution in [3.63, 3.8) is 0 Å². The maximum absolute atomic E-state index is 13.0. The predicted molar refractivity (Wildman–Crippen MR) is 98.0 cm³/mol. The zero-order valence-electron chi connectivity index (χ0n) is 15.9. The number of hydrogen-bond donors (Lipinski definition) is 1. The van der Waals surface area contributed by atoms with E-state index in [1.807, 2.05) is 18.4 Å². The molecule has 3 rings (SSSR count). The topological polar surface area (TPSA) is 113 Å². The zero-order valence-corrected chi connectivity index (χ0v) is 15.9. The molecule has 0 bridgehead atoms. The molecular formula is C17H23N5O5. The van der Waals surface area contributed by atoms with Crippen molar-refractivity contribution < 1.29 is 14.6 Å². The van der Waals surface area contributed by atoms with Gasteiger partial charge in [0.1, 0.15) is 6.54 Å². The normalized spacial score (nSPS) is 11.6. The average Bonchev–Trinajstić information content (AvgIpc) is 3.12. The molecule has 1 N–H and O–H groups in total. The second-order valence-electron chi connectivity index (χ2n) is 6.36. The quantitative estimate of drug-likeness (QED) is 0.591. The fourth-order valence-electron chi connectivity index (χ4n) is 3.29. The van der Waals surface area contributed by atoms with E-state index in [1.54, 1.807) is 11.3 Å². The fraction of sp³-hybridized carbons (Fsp3) is 0.529. The lowest BCUT2D eigenvalue weighted by Gasteiger charge is -2.08. The molecule has 3 aromatic rings. The number of fused-ring (bicyclic) bond motifs is 3. The van der Waals surface area contributed by atoms with Gasteiger partial charge in [0.15, 0.2) is 11.2 Å². The van der Waals surface area contributed by atoms with Gasteiger partial charge in [0.2, 0.25) is 5.78 Å². The molecule has 27 heavy (non-hydrogen) atoms. The van der Waals surface area contributed by atoms with Crippen LogP contribution in [0.1, 0.15) is 24.7 Å². The number of aliphatic hydroxyl groups is 1. The minimum Gasteiger partial charge on any atom is -0.465 e. The van der Waals surface area contributed by atoms with Gasteiger partial charge in [0.05, 0.1) is 6.61 Å². The number of carbonyl (C=O) groups excluding carboxylic acids is 1. The first-order valence-corrected chi connectivity index (χ1v) is 8.77. The van der Waals surface area contributed by atoms with Crippen LogP contribution in [0.4, 0.5) is 0 Å². The molecule has 0 saturated heterocycles. The monoisotopic (exact) mass is 377 g/mol. The molecule has 0 fully saturated rings. The third-order valence-electron chi connectivity index (χ3n) is 4.76. The van der Waals surface area contributed by atoms with Crippen LogP contribution >= 0.6 is 0 Å². The van der Waals surface area contributed by atoms with Gasteiger partial charge in [-0.1, -0.05) is 0 Å². The SMILES string of the molecule is CCOC(=O)Cn1c(=O)c2c(nc3n(CCCO)c(C)c(C)n23)n(C)c1=O. The van der Waals surface area contributed by atoms with Gasteiger partial charge in [-0.25, -0.2) is 9.36 Å². The number of rotatable bonds is 6. The summed E-state index contributed by atoms with van der Waals surface area (Å²) in [6, 6.07) is 0. The van der Waals surface area contributed by atoms with Crippen LogP contribution in [0.25, 0.3) is 16.9 Å². The van der Waals surface area contributed by atoms with Gasteiger partial charge < -0.3 is 14.4 Å². The second-order valence-corrected chi connectivity index (χ2v) is 6.36. The average molecular weight is 377 g/mol. The van der Waals surface area contributed by atoms with Crippen molar-refractivity contribution in [2.24, 2.45) is 7.05 Å². The molecule has 0 saturated carbocycles. The maximum Gasteiger partial charge on any atom is 0.333 e. The van der Waals surface area contributed by atoms with Crippen molar-refractivity contribution in [2.45, 2.75) is 40.3 Å². The van der Waals surface area contributed by atoms with E-state index in [1.165, 1.54) is 11.6 Å². The van der Waals surface area contributed by atoms with Crippen LogP contribution in [0.2, 0.25) is 0 Å². The highest BCUT2D eigenvalue weighted by Crippen LogP contribution is 2.20. The molecule has 0 amide bonds. The van der Waals surface area contributed by atoms with E-state index in [-0.39, 0.29) is 24.4 Å². The summed E-state index contributed by atoms with van der Waals surface area (Å²) >= 11 is 0. The summed E-state index contributed by atoms with van der Waals surface area (Å²) in [4.78, 5) is 41.9. The van der Waals surface area contributed by atoms with Crippen LogP contribution in [-0.4, -0.2) is 47.4 Å². The first kappa shape index (κ1) is 18.9. The Labute approximate surface area is 154 Å². The first-order valence-electron chi connectivity index (χ1n) is 8.77. The van der Waals surface area contributed by atoms with Crippen molar-refractivity contribution in [3.05, 3.63) is 32.2 Å². The highest BCUT2D eigenvalue weighted by Gasteiger charge is 2.23. The van der Waals surface area contributed by atoms with Crippen molar-refractivity contribution in [1.29, 1.82) is 0 Å². The molecular weight excluding hydrogens is 354 g/mol. The number of aliphatic hydroxyl groups excluding tert-OH is 1. The lowest BCUT2D eigenvalue weighted by Crippen LogP contribution is -2.41. The first-order chi connectivity index (χ1) is 12.8. The highest BCUT2D eigenvalue weighted by molar-refractivity contribution is 5.77. The number of esters is 1. The fourth-order valence-corrected chi connectivity index (χ4v) is 3.29. The minimum atomic E-state index is -0.648. The van der Waals surface area contributed by atoms with Gasteiger partial charge in [-0.05, 0) is 27.2 Å². The number of aromatic nitrogens is 5. The Balaban J connectivity index is 2.34. The molecule has 0 radical (unpaired) electrons. The Hall–Kier alpha value is -2.88. The highest BCUT2D eigenvalue weighted by atomic mass is 16.5. The molecule has 0 unspecified atom stereocenters. The van der Waals surface area contributed by atoms with Crippen molar-refractivity contribution in [3.8, 4) is 0 Å². The molecule has 0 aliphatic carbocycles. The molecule has 10 nitrogen and oxygen atoms in total. The third kappa shape index (κ3) is 2.85. The number of aryl methyl sites for hydroxylation is 3. The lowest BCUT2D eigenvalue weighted by atomic mass is 10.3. The van der Waals surface area contributed by atoms with E-state index in [2.05, 4.69) is 4.98 Å². The predicted octanol–water partition coefficient (Wildman–Crippen LogP) is -0.288. The Kier molecular flexibility index (Phi) is 4.92. The number of imidazole rings is 2. The summed E-state index contributed by atoms with van der Waals surface area (Å²) in [6.45, 7) is 5.71. The van der Waals surface area contributed by atoms with E-state index in [0.717, 1.165) is 16.0 Å². The molecule has 0 spiro atoms. The number of nitrogens with zero attached hydrogens (tertiary/aromatic N) is 5. The van der Waals surface area contributed by atoms with Crippen molar-refractivity contribution in [2.75, 3.05) is 13.2 Å². The van der Waals surface area contributed by atoms with Gasteiger partial charge >= 0.3 is 11.7 Å². The number of carbonyl (C=O) groups is 1. The summed E-state index contributed by atoms with van der Waals surface area (Å²) < 4.78 is 10.6. The molecule has 146 valence electrons. The van der Waals surface area contributed by atoms with Crippen LogP contribution in [-0.2, 0) is 29.7 Å². The lowest BCUT2D eigenvalue weighted by molar-refractivity contribution is -0.143. The summed E-state index contributed by atoms with van der Waals surface area (Å²) in [6.07, 6.45) is 0.542. The molecule has 0 aliphatic rings. The van der Waals surface area contributed by atoms with E-state index in [9.17, 15) is 14.4 Å². The largest absolute Gasteiger partial charge is 0.465 e. The van der Waals surface area contributed by atoms with Crippen LogP contribution < -0.4 is 11.2 Å². The molecule has 0 aromatic carbocycles. The molecule has 3 heterocycles. The van der Waals surface area contributed by atoms with Gasteiger partial charge in [-0.2, -0.15) is 4.98 Å². The van der Waals surface area contributed by atoms with Gasteiger partial charge in [-0.3, -0.25) is 18.6 Å². The summed E-state index contributed by atoms with van der Waals surface area (Å²) in [5.41, 5.74) is 0.997. The molecule has 3 aromatic heterocycles. The molecule has 0 atom stereocenters. The summed E-state index contributed by atoms with van der Waals surface area (Å²) in [7, 11) is 1.51. The van der Waals surface area contributed by atoms with Gasteiger partial charge in [0.25, 0.3) is 5.56 Å². The number of hydrogen-bond acceptors (Lipinski definition) is 6. The van der Waals surface area contributed by atoms with E-state index >= 15 is 0 Å². The summed E-state index contributed by atoms with van der Waals surface area (Å²) in [5.74, 6) is -0.125. The van der Waals surface area contributed by atoms with Crippen molar-refractivity contribution in [1.82, 2.24) is 23.1 Å².